The van der Waals surface area contributed by atoms with E-state index in [2.05, 4.69) is 26.3 Å². The van der Waals surface area contributed by atoms with Crippen LogP contribution in [0.25, 0.3) is 0 Å². The number of aromatic hydroxyl groups is 1. The average molecular weight is 450 g/mol. The van der Waals surface area contributed by atoms with Crippen LogP contribution in [0.15, 0.2) is 51.9 Å². The summed E-state index contributed by atoms with van der Waals surface area (Å²) >= 11 is 9.56. The number of carbonyl (C=O) groups is 2. The van der Waals surface area contributed by atoms with Crippen LogP contribution in [0.2, 0.25) is 0 Å². The minimum Gasteiger partial charge on any atom is -0.507 e. The number of halogens is 1. The number of benzene rings is 2. The lowest BCUT2D eigenvalue weighted by Crippen LogP contribution is -2.45. The second-order valence-corrected chi connectivity index (χ2v) is 7.76. The molecule has 2 amide bonds. The van der Waals surface area contributed by atoms with E-state index in [0.717, 1.165) is 9.48 Å². The molecule has 0 aliphatic carbocycles. The summed E-state index contributed by atoms with van der Waals surface area (Å²) in [5, 5.41) is 10.9. The summed E-state index contributed by atoms with van der Waals surface area (Å²) in [6.45, 7) is 0. The summed E-state index contributed by atoms with van der Waals surface area (Å²) in [7, 11) is 0. The van der Waals surface area contributed by atoms with Gasteiger partial charge in [0.25, 0.3) is 11.8 Å². The predicted molar refractivity (Wildman–Crippen MR) is 109 cm³/mol. The van der Waals surface area contributed by atoms with Gasteiger partial charge < -0.3 is 5.11 Å². The molecule has 0 radical (unpaired) electrons. The molecule has 2 N–H and O–H groups in total. The smallest absolute Gasteiger partial charge is 0.270 e. The van der Waals surface area contributed by atoms with Gasteiger partial charge in [0, 0.05) is 21.8 Å². The lowest BCUT2D eigenvalue weighted by molar-refractivity contribution is -0.125. The molecule has 1 heterocycles. The van der Waals surface area contributed by atoms with Gasteiger partial charge in [0.2, 0.25) is 0 Å². The molecule has 0 aromatic heterocycles. The van der Waals surface area contributed by atoms with Gasteiger partial charge in [0.15, 0.2) is 4.32 Å². The lowest BCUT2D eigenvalue weighted by atomic mass is 10.2. The first-order valence-electron chi connectivity index (χ1n) is 7.37. The molecule has 26 heavy (non-hydrogen) atoms. The number of thioether (sulfide) groups is 1. The zero-order chi connectivity index (χ0) is 18.7. The highest BCUT2D eigenvalue weighted by Gasteiger charge is 2.28. The lowest BCUT2D eigenvalue weighted by Gasteiger charge is -2.15. The Hall–Kier alpha value is -2.23. The summed E-state index contributed by atoms with van der Waals surface area (Å²) < 4.78 is 1.16. The number of hydrazine groups is 1. The van der Waals surface area contributed by atoms with Crippen LogP contribution in [0.1, 0.15) is 15.9 Å². The highest BCUT2D eigenvalue weighted by atomic mass is 79.9. The van der Waals surface area contributed by atoms with Gasteiger partial charge in [-0.25, -0.2) is 5.01 Å². The minimum absolute atomic E-state index is 0.122. The molecule has 0 spiro atoms. The van der Waals surface area contributed by atoms with Gasteiger partial charge >= 0.3 is 0 Å². The van der Waals surface area contributed by atoms with Crippen molar-refractivity contribution in [2.45, 2.75) is 0 Å². The van der Waals surface area contributed by atoms with E-state index in [4.69, 9.17) is 12.2 Å². The largest absolute Gasteiger partial charge is 0.507 e. The first-order chi connectivity index (χ1) is 12.4. The Kier molecular flexibility index (Phi) is 5.70. The van der Waals surface area contributed by atoms with Crippen LogP contribution in [0.5, 0.6) is 5.75 Å². The van der Waals surface area contributed by atoms with E-state index < -0.39 is 5.91 Å². The van der Waals surface area contributed by atoms with Crippen molar-refractivity contribution in [3.05, 3.63) is 58.1 Å². The molecule has 0 saturated carbocycles. The second-order valence-electron chi connectivity index (χ2n) is 5.23. The Bertz CT molecular complexity index is 900. The van der Waals surface area contributed by atoms with E-state index in [1.807, 2.05) is 0 Å². The maximum absolute atomic E-state index is 12.2. The Morgan fingerprint density at radius 1 is 1.31 bits per heavy atom. The number of rotatable bonds is 4. The van der Waals surface area contributed by atoms with Crippen molar-refractivity contribution in [2.24, 2.45) is 4.99 Å². The molecule has 0 bridgehead atoms. The van der Waals surface area contributed by atoms with Gasteiger partial charge in [-0.3, -0.25) is 20.0 Å². The molecule has 1 fully saturated rings. The van der Waals surface area contributed by atoms with Crippen LogP contribution >= 0.6 is 39.9 Å². The third-order valence-electron chi connectivity index (χ3n) is 3.44. The SMILES string of the molecule is O=C(NN1C(=O)CSC1=S)c1ccc(N=Cc2cc(Br)ccc2O)cc1. The number of thiocarbonyl (C=S) groups is 1. The van der Waals surface area contributed by atoms with E-state index in [1.54, 1.807) is 42.5 Å². The molecule has 132 valence electrons. The second kappa shape index (κ2) is 7.98. The van der Waals surface area contributed by atoms with Gasteiger partial charge in [-0.2, -0.15) is 0 Å². The third-order valence-corrected chi connectivity index (χ3v) is 5.29. The maximum Gasteiger partial charge on any atom is 0.270 e. The Balaban J connectivity index is 1.69. The predicted octanol–water partition coefficient (Wildman–Crippen LogP) is 3.41. The molecular weight excluding hydrogens is 438 g/mol. The number of hydrogen-bond acceptors (Lipinski definition) is 6. The number of nitrogens with zero attached hydrogens (tertiary/aromatic N) is 2. The fourth-order valence-corrected chi connectivity index (χ4v) is 3.46. The zero-order valence-corrected chi connectivity index (χ0v) is 16.4. The number of aliphatic imine (C=N–C) groups is 1. The molecule has 3 rings (SSSR count). The highest BCUT2D eigenvalue weighted by Crippen LogP contribution is 2.22. The Labute approximate surface area is 167 Å². The van der Waals surface area contributed by atoms with Crippen molar-refractivity contribution in [1.29, 1.82) is 0 Å². The van der Waals surface area contributed by atoms with Crippen LogP contribution in [-0.4, -0.2) is 38.2 Å². The van der Waals surface area contributed by atoms with Gasteiger partial charge in [-0.15, -0.1) is 0 Å². The van der Waals surface area contributed by atoms with E-state index in [1.165, 1.54) is 18.0 Å². The summed E-state index contributed by atoms with van der Waals surface area (Å²) in [6.07, 6.45) is 1.54. The average Bonchev–Trinajstić information content (AvgIpc) is 2.95. The quantitative estimate of drug-likeness (QED) is 0.551. The fraction of sp³-hybridized carbons (Fsp3) is 0.0588. The summed E-state index contributed by atoms with van der Waals surface area (Å²) in [6, 6.07) is 11.6. The van der Waals surface area contributed by atoms with Gasteiger partial charge in [-0.05, 0) is 42.5 Å². The van der Waals surface area contributed by atoms with Crippen LogP contribution in [0, 0.1) is 0 Å². The van der Waals surface area contributed by atoms with Gasteiger partial charge in [-0.1, -0.05) is 39.9 Å². The number of phenolic OH excluding ortho intramolecular Hbond substituents is 1. The van der Waals surface area contributed by atoms with E-state index >= 15 is 0 Å². The monoisotopic (exact) mass is 449 g/mol. The molecule has 2 aromatic carbocycles. The van der Waals surface area contributed by atoms with E-state index in [9.17, 15) is 14.7 Å². The first-order valence-corrected chi connectivity index (χ1v) is 9.56. The third kappa shape index (κ3) is 4.29. The Morgan fingerprint density at radius 2 is 2.04 bits per heavy atom. The molecule has 6 nitrogen and oxygen atoms in total. The van der Waals surface area contributed by atoms with Crippen molar-refractivity contribution < 1.29 is 14.7 Å². The molecule has 2 aromatic rings. The summed E-state index contributed by atoms with van der Waals surface area (Å²) in [5.74, 6) is -0.321. The fourth-order valence-electron chi connectivity index (χ4n) is 2.10. The standard InChI is InChI=1S/C17H12BrN3O3S2/c18-12-3-6-14(22)11(7-12)8-19-13-4-1-10(2-5-13)16(24)20-21-15(23)9-26-17(21)25/h1-8,22H,9H2,(H,20,24). The van der Waals surface area contributed by atoms with E-state index in [-0.39, 0.29) is 17.4 Å². The van der Waals surface area contributed by atoms with Crippen LogP contribution in [0.4, 0.5) is 5.69 Å². The normalized spacial score (nSPS) is 14.3. The Morgan fingerprint density at radius 3 is 2.69 bits per heavy atom. The van der Waals surface area contributed by atoms with Crippen molar-refractivity contribution in [3.8, 4) is 5.75 Å². The molecule has 1 aliphatic rings. The van der Waals surface area contributed by atoms with Crippen molar-refractivity contribution >= 4 is 67.9 Å². The van der Waals surface area contributed by atoms with E-state index in [0.29, 0.717) is 21.1 Å². The topological polar surface area (TPSA) is 82.0 Å². The van der Waals surface area contributed by atoms with Crippen LogP contribution < -0.4 is 5.43 Å². The van der Waals surface area contributed by atoms with Gasteiger partial charge in [0.05, 0.1) is 11.4 Å². The molecule has 9 heteroatoms. The molecule has 0 atom stereocenters. The van der Waals surface area contributed by atoms with Crippen molar-refractivity contribution in [1.82, 2.24) is 10.4 Å². The summed E-state index contributed by atoms with van der Waals surface area (Å²) in [4.78, 5) is 28.1. The number of carbonyl (C=O) groups excluding carboxylic acids is 2. The maximum atomic E-state index is 12.2. The molecule has 1 aliphatic heterocycles. The molecule has 1 saturated heterocycles. The zero-order valence-electron chi connectivity index (χ0n) is 13.2. The van der Waals surface area contributed by atoms with Crippen LogP contribution in [0.3, 0.4) is 0 Å². The minimum atomic E-state index is -0.427. The first kappa shape index (κ1) is 18.6. The van der Waals surface area contributed by atoms with Crippen LogP contribution in [-0.2, 0) is 4.79 Å². The summed E-state index contributed by atoms with van der Waals surface area (Å²) in [5.41, 5.74) is 4.05. The number of phenols is 1. The molecular formula is C17H12BrN3O3S2. The van der Waals surface area contributed by atoms with Crippen molar-refractivity contribution in [2.75, 3.05) is 5.75 Å². The van der Waals surface area contributed by atoms with Crippen molar-refractivity contribution in [3.63, 3.8) is 0 Å². The van der Waals surface area contributed by atoms with Gasteiger partial charge in [0.1, 0.15) is 5.75 Å². The highest BCUT2D eigenvalue weighted by molar-refractivity contribution is 9.10. The molecule has 0 unspecified atom stereocenters. The number of nitrogens with one attached hydrogen (secondary N) is 1. The number of amides is 2. The number of hydrogen-bond donors (Lipinski definition) is 2.